The van der Waals surface area contributed by atoms with E-state index in [9.17, 15) is 4.79 Å². The van der Waals surface area contributed by atoms with E-state index in [1.54, 1.807) is 0 Å². The van der Waals surface area contributed by atoms with Crippen LogP contribution in [0.25, 0.3) is 0 Å². The lowest BCUT2D eigenvalue weighted by Crippen LogP contribution is -2.60. The Kier molecular flexibility index (Phi) is 3.16. The molecule has 1 saturated heterocycles. The Morgan fingerprint density at radius 2 is 1.79 bits per heavy atom. The molecule has 3 nitrogen and oxygen atoms in total. The van der Waals surface area contributed by atoms with Crippen molar-refractivity contribution in [2.24, 2.45) is 17.3 Å². The van der Waals surface area contributed by atoms with Crippen molar-refractivity contribution >= 4 is 5.91 Å². The minimum absolute atomic E-state index is 0.00667. The Morgan fingerprint density at radius 3 is 2.37 bits per heavy atom. The van der Waals surface area contributed by atoms with E-state index < -0.39 is 0 Å². The maximum absolute atomic E-state index is 12.4. The molecule has 3 fully saturated rings. The van der Waals surface area contributed by atoms with Crippen LogP contribution in [0, 0.1) is 17.3 Å². The molecule has 2 saturated carbocycles. The lowest BCUT2D eigenvalue weighted by molar-refractivity contribution is -0.126. The molecule has 0 spiro atoms. The molecule has 3 atom stereocenters. The van der Waals surface area contributed by atoms with E-state index in [4.69, 9.17) is 0 Å². The summed E-state index contributed by atoms with van der Waals surface area (Å²) in [6.07, 6.45) is 6.47. The van der Waals surface area contributed by atoms with Gasteiger partial charge in [-0.05, 0) is 69.4 Å². The van der Waals surface area contributed by atoms with Crippen molar-refractivity contribution in [3.05, 3.63) is 0 Å². The van der Waals surface area contributed by atoms with Crippen molar-refractivity contribution in [2.75, 3.05) is 19.6 Å². The second kappa shape index (κ2) is 4.47. The van der Waals surface area contributed by atoms with Gasteiger partial charge < -0.3 is 5.32 Å². The molecular weight excluding hydrogens is 236 g/mol. The highest BCUT2D eigenvalue weighted by Crippen LogP contribution is 2.61. The first-order valence-corrected chi connectivity index (χ1v) is 7.97. The van der Waals surface area contributed by atoms with Gasteiger partial charge in [-0.2, -0.15) is 0 Å². The summed E-state index contributed by atoms with van der Waals surface area (Å²) in [4.78, 5) is 14.7. The number of hydrogen-bond donors (Lipinski definition) is 1. The summed E-state index contributed by atoms with van der Waals surface area (Å²) >= 11 is 0. The van der Waals surface area contributed by atoms with Crippen LogP contribution in [0.1, 0.15) is 52.9 Å². The molecule has 1 amide bonds. The van der Waals surface area contributed by atoms with Gasteiger partial charge in [-0.3, -0.25) is 9.69 Å². The van der Waals surface area contributed by atoms with E-state index in [-0.39, 0.29) is 16.9 Å². The highest BCUT2D eigenvalue weighted by atomic mass is 16.2. The maximum Gasteiger partial charge on any atom is 0.234 e. The number of nitrogens with one attached hydrogen (secondary N) is 1. The number of carbonyl (C=O) groups excluding carboxylic acids is 1. The molecule has 2 bridgehead atoms. The third kappa shape index (κ3) is 2.01. The fourth-order valence-electron chi connectivity index (χ4n) is 4.85. The molecule has 0 aromatic heterocycles. The molecule has 108 valence electrons. The summed E-state index contributed by atoms with van der Waals surface area (Å²) < 4.78 is 0. The minimum atomic E-state index is 0.00667. The van der Waals surface area contributed by atoms with Crippen LogP contribution in [0.3, 0.4) is 0 Å². The molecule has 1 aliphatic heterocycles. The van der Waals surface area contributed by atoms with Gasteiger partial charge in [-0.15, -0.1) is 0 Å². The lowest BCUT2D eigenvalue weighted by Gasteiger charge is -2.48. The Balaban J connectivity index is 1.66. The fourth-order valence-corrected chi connectivity index (χ4v) is 4.85. The van der Waals surface area contributed by atoms with Crippen molar-refractivity contribution in [3.8, 4) is 0 Å². The van der Waals surface area contributed by atoms with Crippen molar-refractivity contribution in [2.45, 2.75) is 58.4 Å². The fraction of sp³-hybridized carbons (Fsp3) is 0.938. The number of carbonyl (C=O) groups is 1. The topological polar surface area (TPSA) is 32.3 Å². The molecule has 0 unspecified atom stereocenters. The molecule has 3 aliphatic rings. The van der Waals surface area contributed by atoms with E-state index in [0.717, 1.165) is 19.0 Å². The molecule has 19 heavy (non-hydrogen) atoms. The first kappa shape index (κ1) is 13.4. The van der Waals surface area contributed by atoms with Crippen LogP contribution >= 0.6 is 0 Å². The van der Waals surface area contributed by atoms with Crippen LogP contribution in [0.15, 0.2) is 0 Å². The van der Waals surface area contributed by atoms with Gasteiger partial charge in [0, 0.05) is 5.54 Å². The summed E-state index contributed by atoms with van der Waals surface area (Å²) in [6.45, 7) is 9.79. The van der Waals surface area contributed by atoms with Gasteiger partial charge >= 0.3 is 0 Å². The smallest absolute Gasteiger partial charge is 0.234 e. The Morgan fingerprint density at radius 1 is 1.16 bits per heavy atom. The van der Waals surface area contributed by atoms with E-state index in [1.165, 1.54) is 32.1 Å². The predicted octanol–water partition coefficient (Wildman–Crippen LogP) is 2.41. The van der Waals surface area contributed by atoms with Crippen molar-refractivity contribution in [3.63, 3.8) is 0 Å². The molecular formula is C16H28N2O. The maximum atomic E-state index is 12.4. The summed E-state index contributed by atoms with van der Waals surface area (Å²) in [5, 5.41) is 3.42. The largest absolute Gasteiger partial charge is 0.349 e. The minimum Gasteiger partial charge on any atom is -0.349 e. The van der Waals surface area contributed by atoms with Crippen molar-refractivity contribution < 1.29 is 4.79 Å². The molecule has 3 rings (SSSR count). The molecule has 0 aromatic rings. The lowest BCUT2D eigenvalue weighted by atomic mass is 9.64. The van der Waals surface area contributed by atoms with Crippen LogP contribution in [0.4, 0.5) is 0 Å². The van der Waals surface area contributed by atoms with Gasteiger partial charge in [0.1, 0.15) is 0 Å². The summed E-state index contributed by atoms with van der Waals surface area (Å²) in [5.74, 6) is 1.73. The monoisotopic (exact) mass is 264 g/mol. The molecule has 1 N–H and O–H groups in total. The Labute approximate surface area is 117 Å². The van der Waals surface area contributed by atoms with Gasteiger partial charge in [0.15, 0.2) is 0 Å². The van der Waals surface area contributed by atoms with Gasteiger partial charge in [-0.25, -0.2) is 0 Å². The van der Waals surface area contributed by atoms with Crippen LogP contribution in [-0.2, 0) is 4.79 Å². The number of amides is 1. The third-order valence-corrected chi connectivity index (χ3v) is 6.57. The summed E-state index contributed by atoms with van der Waals surface area (Å²) in [7, 11) is 0. The number of fused-ring (bicyclic) bond motifs is 2. The van der Waals surface area contributed by atoms with Crippen LogP contribution in [0.5, 0.6) is 0 Å². The quantitative estimate of drug-likeness (QED) is 0.849. The zero-order valence-corrected chi connectivity index (χ0v) is 12.7. The van der Waals surface area contributed by atoms with Crippen LogP contribution in [-0.4, -0.2) is 36.0 Å². The van der Waals surface area contributed by atoms with Crippen LogP contribution < -0.4 is 5.32 Å². The van der Waals surface area contributed by atoms with Crippen LogP contribution in [0.2, 0.25) is 0 Å². The second-order valence-electron chi connectivity index (χ2n) is 7.66. The molecule has 2 aliphatic carbocycles. The van der Waals surface area contributed by atoms with E-state index in [0.29, 0.717) is 12.5 Å². The second-order valence-corrected chi connectivity index (χ2v) is 7.66. The first-order valence-electron chi connectivity index (χ1n) is 7.97. The standard InChI is InChI=1S/C16H28N2O/c1-15(2)12-6-7-13(10-12)16(15,3)17-14(19)11-18-8-4-5-9-18/h12-13H,4-11H2,1-3H3,(H,17,19)/t12-,13+,16-/m1/s1. The van der Waals surface area contributed by atoms with Gasteiger partial charge in [0.05, 0.1) is 6.54 Å². The van der Waals surface area contributed by atoms with Gasteiger partial charge in [-0.1, -0.05) is 13.8 Å². The highest BCUT2D eigenvalue weighted by Gasteiger charge is 2.60. The normalized spacial score (nSPS) is 40.8. The third-order valence-electron chi connectivity index (χ3n) is 6.57. The average molecular weight is 264 g/mol. The average Bonchev–Trinajstić information content (AvgIpc) is 2.99. The van der Waals surface area contributed by atoms with Crippen molar-refractivity contribution in [1.29, 1.82) is 0 Å². The molecule has 1 heterocycles. The van der Waals surface area contributed by atoms with E-state index in [2.05, 4.69) is 31.0 Å². The SMILES string of the molecule is CC1(C)[C@@H]2CC[C@@H](C2)[C@@]1(C)NC(=O)CN1CCCC1. The molecule has 0 aromatic carbocycles. The number of rotatable bonds is 3. The zero-order valence-electron chi connectivity index (χ0n) is 12.7. The van der Waals surface area contributed by atoms with Gasteiger partial charge in [0.25, 0.3) is 0 Å². The number of nitrogens with zero attached hydrogens (tertiary/aromatic N) is 1. The summed E-state index contributed by atoms with van der Waals surface area (Å²) in [5.41, 5.74) is 0.253. The number of hydrogen-bond acceptors (Lipinski definition) is 2. The Hall–Kier alpha value is -0.570. The van der Waals surface area contributed by atoms with Crippen molar-refractivity contribution in [1.82, 2.24) is 10.2 Å². The first-order chi connectivity index (χ1) is 8.93. The Bertz CT molecular complexity index is 373. The zero-order chi connectivity index (χ0) is 13.7. The predicted molar refractivity (Wildman–Crippen MR) is 76.8 cm³/mol. The van der Waals surface area contributed by atoms with E-state index >= 15 is 0 Å². The molecule has 0 radical (unpaired) electrons. The van der Waals surface area contributed by atoms with Gasteiger partial charge in [0.2, 0.25) is 5.91 Å². The number of likely N-dealkylation sites (tertiary alicyclic amines) is 1. The van der Waals surface area contributed by atoms with E-state index in [1.807, 2.05) is 0 Å². The highest BCUT2D eigenvalue weighted by molar-refractivity contribution is 5.79. The molecule has 3 heteroatoms. The summed E-state index contributed by atoms with van der Waals surface area (Å²) in [6, 6.07) is 0.